The average molecular weight is 497 g/mol. The number of anilines is 2. The highest BCUT2D eigenvalue weighted by Crippen LogP contribution is 2.35. The summed E-state index contributed by atoms with van der Waals surface area (Å²) in [7, 11) is -1.23. The lowest BCUT2D eigenvalue weighted by molar-refractivity contribution is 0.0899. The van der Waals surface area contributed by atoms with E-state index in [1.165, 1.54) is 18.2 Å². The van der Waals surface area contributed by atoms with Gasteiger partial charge in [-0.05, 0) is 42.8 Å². The van der Waals surface area contributed by atoms with Crippen LogP contribution < -0.4 is 11.1 Å². The summed E-state index contributed by atoms with van der Waals surface area (Å²) < 4.78 is 36.4. The van der Waals surface area contributed by atoms with Gasteiger partial charge in [0.2, 0.25) is 0 Å². The number of halogens is 2. The molecule has 4 aromatic rings. The zero-order chi connectivity index (χ0) is 25.2. The van der Waals surface area contributed by atoms with E-state index < -0.39 is 19.7 Å². The lowest BCUT2D eigenvalue weighted by Crippen LogP contribution is -2.22. The second kappa shape index (κ2) is 10.1. The van der Waals surface area contributed by atoms with Crippen LogP contribution in [0.4, 0.5) is 20.4 Å². The van der Waals surface area contributed by atoms with Crippen molar-refractivity contribution in [3.8, 4) is 11.1 Å². The van der Waals surface area contributed by atoms with E-state index in [-0.39, 0.29) is 12.1 Å². The normalized spacial score (nSPS) is 11.8. The minimum atomic E-state index is -1.23. The maximum atomic E-state index is 14.2. The van der Waals surface area contributed by atoms with Crippen LogP contribution in [0.15, 0.2) is 42.7 Å². The molecular formula is C25H30F2N6OSi. The quantitative estimate of drug-likeness (QED) is 0.232. The van der Waals surface area contributed by atoms with Crippen molar-refractivity contribution >= 4 is 30.7 Å². The minimum Gasteiger partial charge on any atom is -0.384 e. The number of aromatic nitrogens is 4. The molecule has 0 spiro atoms. The minimum absolute atomic E-state index is 0.0549. The molecule has 0 saturated heterocycles. The van der Waals surface area contributed by atoms with Crippen LogP contribution in [-0.2, 0) is 18.0 Å². The lowest BCUT2D eigenvalue weighted by Gasteiger charge is -2.15. The molecule has 0 aliphatic carbocycles. The molecule has 35 heavy (non-hydrogen) atoms. The molecule has 7 nitrogen and oxygen atoms in total. The van der Waals surface area contributed by atoms with Crippen molar-refractivity contribution in [3.05, 3.63) is 65.7 Å². The van der Waals surface area contributed by atoms with Gasteiger partial charge in [0.05, 0.1) is 5.39 Å². The monoisotopic (exact) mass is 496 g/mol. The van der Waals surface area contributed by atoms with E-state index in [0.717, 1.165) is 17.2 Å². The van der Waals surface area contributed by atoms with Gasteiger partial charge in [0, 0.05) is 44.7 Å². The number of nitrogens with two attached hydrogens (primary N) is 1. The number of hydrogen-bond acceptors (Lipinski definition) is 6. The van der Waals surface area contributed by atoms with Gasteiger partial charge in [-0.1, -0.05) is 25.7 Å². The van der Waals surface area contributed by atoms with Gasteiger partial charge < -0.3 is 20.4 Å². The van der Waals surface area contributed by atoms with Crippen LogP contribution in [0, 0.1) is 18.6 Å². The maximum Gasteiger partial charge on any atom is 0.148 e. The molecule has 4 rings (SSSR count). The Balaban J connectivity index is 1.75. The Morgan fingerprint density at radius 3 is 2.54 bits per heavy atom. The van der Waals surface area contributed by atoms with Crippen molar-refractivity contribution in [3.63, 3.8) is 0 Å². The highest BCUT2D eigenvalue weighted by Gasteiger charge is 2.19. The number of benzene rings is 1. The summed E-state index contributed by atoms with van der Waals surface area (Å²) in [6, 6.07) is 8.48. The first-order valence-corrected chi connectivity index (χ1v) is 15.2. The Morgan fingerprint density at radius 1 is 1.11 bits per heavy atom. The first kappa shape index (κ1) is 24.7. The average Bonchev–Trinajstić information content (AvgIpc) is 3.14. The summed E-state index contributed by atoms with van der Waals surface area (Å²) in [6.45, 7) is 9.61. The molecule has 1 aromatic carbocycles. The molecule has 3 N–H and O–H groups in total. The number of fused-ring (bicyclic) bond motifs is 1. The van der Waals surface area contributed by atoms with Gasteiger partial charge in [-0.15, -0.1) is 0 Å². The first-order valence-electron chi connectivity index (χ1n) is 11.5. The topological polar surface area (TPSA) is 90.9 Å². The fourth-order valence-electron chi connectivity index (χ4n) is 3.77. The molecule has 0 aliphatic heterocycles. The third kappa shape index (κ3) is 5.83. The van der Waals surface area contributed by atoms with E-state index in [0.29, 0.717) is 41.8 Å². The number of hydrogen-bond donors (Lipinski definition) is 2. The molecule has 3 heterocycles. The summed E-state index contributed by atoms with van der Waals surface area (Å²) in [6.07, 6.45) is 3.58. The van der Waals surface area contributed by atoms with E-state index in [4.69, 9.17) is 10.5 Å². The van der Waals surface area contributed by atoms with Crippen molar-refractivity contribution in [2.24, 2.45) is 0 Å². The van der Waals surface area contributed by atoms with E-state index in [1.54, 1.807) is 19.2 Å². The first-order chi connectivity index (χ1) is 16.6. The summed E-state index contributed by atoms with van der Waals surface area (Å²) in [5, 5.41) is 3.84. The number of nitrogens with zero attached hydrogens (tertiary/aromatic N) is 4. The Kier molecular flexibility index (Phi) is 7.13. The second-order valence-corrected chi connectivity index (χ2v) is 15.3. The van der Waals surface area contributed by atoms with Gasteiger partial charge in [0.25, 0.3) is 0 Å². The molecule has 10 heteroatoms. The van der Waals surface area contributed by atoms with E-state index in [9.17, 15) is 8.78 Å². The molecule has 0 radical (unpaired) electrons. The highest BCUT2D eigenvalue weighted by molar-refractivity contribution is 6.76. The third-order valence-corrected chi connectivity index (χ3v) is 7.35. The van der Waals surface area contributed by atoms with Crippen LogP contribution in [0.3, 0.4) is 0 Å². The van der Waals surface area contributed by atoms with Gasteiger partial charge in [-0.25, -0.2) is 23.7 Å². The van der Waals surface area contributed by atoms with Crippen molar-refractivity contribution in [2.75, 3.05) is 17.7 Å². The van der Waals surface area contributed by atoms with Crippen molar-refractivity contribution < 1.29 is 13.5 Å². The maximum absolute atomic E-state index is 14.2. The number of ether oxygens (including phenoxy) is 1. The van der Waals surface area contributed by atoms with Crippen LogP contribution in [-0.4, -0.2) is 34.2 Å². The van der Waals surface area contributed by atoms with Crippen molar-refractivity contribution in [1.29, 1.82) is 0 Å². The highest BCUT2D eigenvalue weighted by atomic mass is 28.3. The molecule has 0 fully saturated rings. The zero-order valence-corrected chi connectivity index (χ0v) is 21.4. The third-order valence-electron chi connectivity index (χ3n) is 5.64. The largest absolute Gasteiger partial charge is 0.384 e. The molecule has 184 valence electrons. The molecule has 3 aromatic heterocycles. The molecule has 0 bridgehead atoms. The van der Waals surface area contributed by atoms with Crippen LogP contribution in [0.1, 0.15) is 11.4 Å². The van der Waals surface area contributed by atoms with E-state index in [1.807, 2.05) is 16.8 Å². The molecule has 0 saturated carbocycles. The van der Waals surface area contributed by atoms with Crippen molar-refractivity contribution in [1.82, 2.24) is 19.5 Å². The molecule has 0 atom stereocenters. The van der Waals surface area contributed by atoms with Crippen LogP contribution in [0.5, 0.6) is 0 Å². The number of pyridine rings is 1. The summed E-state index contributed by atoms with van der Waals surface area (Å²) in [4.78, 5) is 13.3. The summed E-state index contributed by atoms with van der Waals surface area (Å²) >= 11 is 0. The van der Waals surface area contributed by atoms with E-state index in [2.05, 4.69) is 39.9 Å². The zero-order valence-electron chi connectivity index (χ0n) is 20.4. The predicted octanol–water partition coefficient (Wildman–Crippen LogP) is 5.59. The number of rotatable bonds is 9. The van der Waals surface area contributed by atoms with Gasteiger partial charge in [-0.3, -0.25) is 0 Å². The van der Waals surface area contributed by atoms with Crippen LogP contribution in [0.25, 0.3) is 22.2 Å². The molecular weight excluding hydrogens is 466 g/mol. The Morgan fingerprint density at radius 2 is 1.86 bits per heavy atom. The van der Waals surface area contributed by atoms with Gasteiger partial charge in [0.1, 0.15) is 41.5 Å². The van der Waals surface area contributed by atoms with Gasteiger partial charge in [0.15, 0.2) is 0 Å². The van der Waals surface area contributed by atoms with Gasteiger partial charge in [-0.2, -0.15) is 0 Å². The SMILES string of the molecule is Cc1nc(NCc2c(F)cccc2F)c2c(-c3ccnc(N)c3)cn(COCC[Si](C)(C)C)c2n1. The smallest absolute Gasteiger partial charge is 0.148 e. The lowest BCUT2D eigenvalue weighted by atomic mass is 10.1. The predicted molar refractivity (Wildman–Crippen MR) is 138 cm³/mol. The number of nitrogen functional groups attached to an aromatic ring is 1. The summed E-state index contributed by atoms with van der Waals surface area (Å²) in [5.74, 6) is 0.147. The molecule has 0 unspecified atom stereocenters. The van der Waals surface area contributed by atoms with Crippen LogP contribution in [0.2, 0.25) is 25.7 Å². The number of nitrogens with one attached hydrogen (secondary N) is 1. The molecule has 0 amide bonds. The Hall–Kier alpha value is -3.37. The Bertz CT molecular complexity index is 1330. The fourth-order valence-corrected chi connectivity index (χ4v) is 4.53. The van der Waals surface area contributed by atoms with Gasteiger partial charge >= 0.3 is 0 Å². The number of aryl methyl sites for hydroxylation is 1. The second-order valence-electron chi connectivity index (χ2n) is 9.70. The van der Waals surface area contributed by atoms with Crippen LogP contribution >= 0.6 is 0 Å². The van der Waals surface area contributed by atoms with Crippen molar-refractivity contribution in [2.45, 2.75) is 45.9 Å². The summed E-state index contributed by atoms with van der Waals surface area (Å²) in [5.41, 5.74) is 8.20. The fraction of sp³-hybridized carbons (Fsp3) is 0.320. The Labute approximate surface area is 204 Å². The van der Waals surface area contributed by atoms with E-state index >= 15 is 0 Å². The molecule has 0 aliphatic rings. The standard InChI is InChI=1S/C25H30F2N6OSi/c1-16-31-24(30-13-18-20(26)6-5-7-21(18)27)23-19(17-8-9-29-22(28)12-17)14-33(25(23)32-16)15-34-10-11-35(2,3)4/h5-9,12,14H,10-11,13,15H2,1-4H3,(H2,28,29)(H,30,31,32).